The standard InChI is InChI=1S/C7H6ClN5/c1-2-3-13(4-9)7-11-5-10-6(8)12-7/h2,5H,1,3H2. The molecule has 0 aliphatic carbocycles. The quantitative estimate of drug-likeness (QED) is 0.409. The summed E-state index contributed by atoms with van der Waals surface area (Å²) in [7, 11) is 0. The van der Waals surface area contributed by atoms with Gasteiger partial charge >= 0.3 is 0 Å². The smallest absolute Gasteiger partial charge is 0.243 e. The van der Waals surface area contributed by atoms with Crippen molar-refractivity contribution < 1.29 is 0 Å². The van der Waals surface area contributed by atoms with E-state index in [1.807, 2.05) is 6.19 Å². The molecule has 0 saturated carbocycles. The van der Waals surface area contributed by atoms with Crippen molar-refractivity contribution in [2.45, 2.75) is 0 Å². The molecule has 0 aliphatic heterocycles. The molecule has 0 fully saturated rings. The average Bonchev–Trinajstić information content (AvgIpc) is 2.14. The predicted molar refractivity (Wildman–Crippen MR) is 48.0 cm³/mol. The second-order valence-corrected chi connectivity index (χ2v) is 2.39. The van der Waals surface area contributed by atoms with Crippen LogP contribution in [0, 0.1) is 11.5 Å². The Balaban J connectivity index is 2.92. The lowest BCUT2D eigenvalue weighted by molar-refractivity contribution is 0.952. The van der Waals surface area contributed by atoms with Crippen molar-refractivity contribution in [1.29, 1.82) is 5.26 Å². The summed E-state index contributed by atoms with van der Waals surface area (Å²) in [4.78, 5) is 12.4. The summed E-state index contributed by atoms with van der Waals surface area (Å²) in [6, 6.07) is 0. The normalized spacial score (nSPS) is 8.92. The Morgan fingerprint density at radius 2 is 2.46 bits per heavy atom. The summed E-state index contributed by atoms with van der Waals surface area (Å²) >= 11 is 5.52. The maximum Gasteiger partial charge on any atom is 0.243 e. The highest BCUT2D eigenvalue weighted by molar-refractivity contribution is 6.28. The van der Waals surface area contributed by atoms with Crippen LogP contribution in [0.5, 0.6) is 0 Å². The fourth-order valence-corrected chi connectivity index (χ4v) is 0.814. The van der Waals surface area contributed by atoms with Crippen LogP contribution in [0.3, 0.4) is 0 Å². The zero-order valence-electron chi connectivity index (χ0n) is 6.68. The van der Waals surface area contributed by atoms with Crippen LogP contribution in [0.25, 0.3) is 0 Å². The van der Waals surface area contributed by atoms with Gasteiger partial charge in [-0.1, -0.05) is 6.08 Å². The van der Waals surface area contributed by atoms with Gasteiger partial charge in [0.25, 0.3) is 0 Å². The molecular weight excluding hydrogens is 190 g/mol. The SMILES string of the molecule is C=CCN(C#N)c1ncnc(Cl)n1. The van der Waals surface area contributed by atoms with Gasteiger partial charge in [-0.25, -0.2) is 14.9 Å². The molecule has 6 heteroatoms. The highest BCUT2D eigenvalue weighted by Gasteiger charge is 2.06. The van der Waals surface area contributed by atoms with Gasteiger partial charge in [-0.3, -0.25) is 0 Å². The number of halogens is 1. The molecule has 5 nitrogen and oxygen atoms in total. The molecule has 0 radical (unpaired) electrons. The molecule has 0 bridgehead atoms. The number of anilines is 1. The van der Waals surface area contributed by atoms with E-state index in [2.05, 4.69) is 21.5 Å². The summed E-state index contributed by atoms with van der Waals surface area (Å²) in [5, 5.41) is 8.75. The molecule has 0 aromatic carbocycles. The molecule has 13 heavy (non-hydrogen) atoms. The highest BCUT2D eigenvalue weighted by Crippen LogP contribution is 2.06. The Hall–Kier alpha value is -1.67. The van der Waals surface area contributed by atoms with E-state index in [1.54, 1.807) is 6.08 Å². The molecular formula is C7H6ClN5. The van der Waals surface area contributed by atoms with E-state index in [-0.39, 0.29) is 11.2 Å². The third-order valence-corrected chi connectivity index (χ3v) is 1.39. The van der Waals surface area contributed by atoms with Crippen molar-refractivity contribution in [2.24, 2.45) is 0 Å². The Morgan fingerprint density at radius 3 is 3.00 bits per heavy atom. The van der Waals surface area contributed by atoms with Gasteiger partial charge < -0.3 is 0 Å². The minimum Gasteiger partial charge on any atom is -0.243 e. The highest BCUT2D eigenvalue weighted by atomic mass is 35.5. The van der Waals surface area contributed by atoms with Gasteiger partial charge in [0.15, 0.2) is 6.19 Å². The van der Waals surface area contributed by atoms with E-state index >= 15 is 0 Å². The second-order valence-electron chi connectivity index (χ2n) is 2.05. The molecule has 0 spiro atoms. The Labute approximate surface area is 80.3 Å². The zero-order valence-corrected chi connectivity index (χ0v) is 7.44. The van der Waals surface area contributed by atoms with Gasteiger partial charge in [0, 0.05) is 0 Å². The number of aromatic nitrogens is 3. The van der Waals surface area contributed by atoms with Crippen molar-refractivity contribution >= 4 is 17.5 Å². The first-order valence-corrected chi connectivity index (χ1v) is 3.78. The molecule has 0 atom stereocenters. The van der Waals surface area contributed by atoms with Gasteiger partial charge in [0.2, 0.25) is 11.2 Å². The number of hydrogen-bond donors (Lipinski definition) is 0. The van der Waals surface area contributed by atoms with Crippen LogP contribution in [-0.4, -0.2) is 21.5 Å². The first-order chi connectivity index (χ1) is 6.27. The first kappa shape index (κ1) is 9.42. The summed E-state index contributed by atoms with van der Waals surface area (Å²) in [5.41, 5.74) is 0. The number of rotatable bonds is 3. The van der Waals surface area contributed by atoms with E-state index < -0.39 is 0 Å². The van der Waals surface area contributed by atoms with Crippen molar-refractivity contribution in [3.63, 3.8) is 0 Å². The minimum absolute atomic E-state index is 0.0642. The Bertz CT molecular complexity index is 345. The maximum atomic E-state index is 8.69. The van der Waals surface area contributed by atoms with E-state index in [0.29, 0.717) is 6.54 Å². The average molecular weight is 196 g/mol. The van der Waals surface area contributed by atoms with E-state index in [4.69, 9.17) is 16.9 Å². The largest absolute Gasteiger partial charge is 0.243 e. The number of nitrogens with zero attached hydrogens (tertiary/aromatic N) is 5. The Morgan fingerprint density at radius 1 is 1.69 bits per heavy atom. The monoisotopic (exact) mass is 195 g/mol. The third kappa shape index (κ3) is 2.39. The second kappa shape index (κ2) is 4.38. The third-order valence-electron chi connectivity index (χ3n) is 1.20. The molecule has 0 N–H and O–H groups in total. The van der Waals surface area contributed by atoms with Crippen molar-refractivity contribution in [2.75, 3.05) is 11.4 Å². The molecule has 66 valence electrons. The van der Waals surface area contributed by atoms with Crippen LogP contribution in [0.4, 0.5) is 5.95 Å². The van der Waals surface area contributed by atoms with Crippen molar-refractivity contribution in [3.8, 4) is 6.19 Å². The van der Waals surface area contributed by atoms with Crippen LogP contribution >= 0.6 is 11.6 Å². The van der Waals surface area contributed by atoms with Crippen LogP contribution in [0.2, 0.25) is 5.28 Å². The lowest BCUT2D eigenvalue weighted by Gasteiger charge is -2.09. The van der Waals surface area contributed by atoms with Crippen molar-refractivity contribution in [1.82, 2.24) is 15.0 Å². The summed E-state index contributed by atoms with van der Waals surface area (Å²) in [6.45, 7) is 3.84. The lowest BCUT2D eigenvalue weighted by atomic mass is 10.5. The predicted octanol–water partition coefficient (Wildman–Crippen LogP) is 0.998. The number of hydrogen-bond acceptors (Lipinski definition) is 5. The molecule has 0 aliphatic rings. The number of nitriles is 1. The Kier molecular flexibility index (Phi) is 3.17. The minimum atomic E-state index is 0.0642. The van der Waals surface area contributed by atoms with E-state index in [1.165, 1.54) is 11.2 Å². The molecule has 1 aromatic rings. The summed E-state index contributed by atoms with van der Waals surface area (Å²) in [5.74, 6) is 0.224. The molecule has 0 saturated heterocycles. The fourth-order valence-electron chi connectivity index (χ4n) is 0.695. The van der Waals surface area contributed by atoms with Gasteiger partial charge in [0.1, 0.15) is 6.33 Å². The molecule has 1 heterocycles. The van der Waals surface area contributed by atoms with Gasteiger partial charge in [-0.2, -0.15) is 10.2 Å². The van der Waals surface area contributed by atoms with Gasteiger partial charge in [0.05, 0.1) is 6.54 Å². The summed E-state index contributed by atoms with van der Waals surface area (Å²) < 4.78 is 0. The topological polar surface area (TPSA) is 65.7 Å². The van der Waals surface area contributed by atoms with Crippen LogP contribution in [0.1, 0.15) is 0 Å². The van der Waals surface area contributed by atoms with Crippen LogP contribution in [0.15, 0.2) is 19.0 Å². The van der Waals surface area contributed by atoms with Crippen LogP contribution < -0.4 is 4.90 Å². The van der Waals surface area contributed by atoms with Crippen molar-refractivity contribution in [3.05, 3.63) is 24.3 Å². The molecule has 0 amide bonds. The molecule has 1 aromatic heterocycles. The van der Waals surface area contributed by atoms with E-state index in [9.17, 15) is 0 Å². The molecule has 0 unspecified atom stereocenters. The summed E-state index contributed by atoms with van der Waals surface area (Å²) in [6.07, 6.45) is 4.72. The maximum absolute atomic E-state index is 8.69. The zero-order chi connectivity index (χ0) is 9.68. The first-order valence-electron chi connectivity index (χ1n) is 3.40. The van der Waals surface area contributed by atoms with Gasteiger partial charge in [-0.05, 0) is 11.6 Å². The van der Waals surface area contributed by atoms with E-state index in [0.717, 1.165) is 0 Å². The molecule has 1 rings (SSSR count). The van der Waals surface area contributed by atoms with Gasteiger partial charge in [-0.15, -0.1) is 6.58 Å². The lowest BCUT2D eigenvalue weighted by Crippen LogP contribution is -2.18. The van der Waals surface area contributed by atoms with Crippen LogP contribution in [-0.2, 0) is 0 Å². The fraction of sp³-hybridized carbons (Fsp3) is 0.143.